The van der Waals surface area contributed by atoms with Crippen LogP contribution in [-0.4, -0.2) is 36.3 Å². The zero-order valence-corrected chi connectivity index (χ0v) is 15.6. The minimum atomic E-state index is -0.335. The fourth-order valence-corrected chi connectivity index (χ4v) is 3.40. The summed E-state index contributed by atoms with van der Waals surface area (Å²) in [6.45, 7) is 4.04. The summed E-state index contributed by atoms with van der Waals surface area (Å²) in [7, 11) is 0. The van der Waals surface area contributed by atoms with Crippen molar-refractivity contribution in [3.05, 3.63) is 71.0 Å². The molecule has 1 fully saturated rings. The first kappa shape index (κ1) is 19.1. The van der Waals surface area contributed by atoms with Gasteiger partial charge >= 0.3 is 0 Å². The smallest absolute Gasteiger partial charge is 0.253 e. The predicted molar refractivity (Wildman–Crippen MR) is 103 cm³/mol. The molecule has 0 saturated carbocycles. The number of carbonyl (C=O) groups is 2. The Balaban J connectivity index is 1.40. The van der Waals surface area contributed by atoms with Crippen LogP contribution in [0.1, 0.15) is 45.5 Å². The Kier molecular flexibility index (Phi) is 6.22. The van der Waals surface area contributed by atoms with Crippen LogP contribution in [0.3, 0.4) is 0 Å². The van der Waals surface area contributed by atoms with Gasteiger partial charge in [-0.2, -0.15) is 0 Å². The van der Waals surface area contributed by atoms with Gasteiger partial charge in [-0.15, -0.1) is 0 Å². The molecule has 4 nitrogen and oxygen atoms in total. The van der Waals surface area contributed by atoms with Crippen molar-refractivity contribution in [1.29, 1.82) is 0 Å². The molecule has 2 amide bonds. The van der Waals surface area contributed by atoms with E-state index in [2.05, 4.69) is 5.32 Å². The van der Waals surface area contributed by atoms with Gasteiger partial charge < -0.3 is 10.2 Å². The SMILES string of the molecule is Cc1ccc(C(=O)NCCC2CCN(C(=O)c3ccc(F)cc3)CC2)cc1. The number of nitrogens with zero attached hydrogens (tertiary/aromatic N) is 1. The Labute approximate surface area is 159 Å². The van der Waals surface area contributed by atoms with Crippen molar-refractivity contribution in [2.45, 2.75) is 26.2 Å². The van der Waals surface area contributed by atoms with Crippen molar-refractivity contribution in [2.24, 2.45) is 5.92 Å². The van der Waals surface area contributed by atoms with Crippen molar-refractivity contribution in [1.82, 2.24) is 10.2 Å². The number of amides is 2. The van der Waals surface area contributed by atoms with E-state index >= 15 is 0 Å². The molecule has 0 atom stereocenters. The highest BCUT2D eigenvalue weighted by Gasteiger charge is 2.23. The van der Waals surface area contributed by atoms with E-state index in [1.807, 2.05) is 36.1 Å². The first-order valence-electron chi connectivity index (χ1n) is 9.42. The van der Waals surface area contributed by atoms with Crippen LogP contribution in [0.15, 0.2) is 48.5 Å². The van der Waals surface area contributed by atoms with Crippen molar-refractivity contribution >= 4 is 11.8 Å². The molecule has 0 aliphatic carbocycles. The maximum absolute atomic E-state index is 13.0. The van der Waals surface area contributed by atoms with E-state index in [0.29, 0.717) is 36.7 Å². The van der Waals surface area contributed by atoms with Gasteiger partial charge in [0.25, 0.3) is 11.8 Å². The van der Waals surface area contributed by atoms with Crippen molar-refractivity contribution < 1.29 is 14.0 Å². The second-order valence-corrected chi connectivity index (χ2v) is 7.15. The quantitative estimate of drug-likeness (QED) is 0.873. The Hall–Kier alpha value is -2.69. The summed E-state index contributed by atoms with van der Waals surface area (Å²) in [5.74, 6) is 0.0820. The molecule has 0 radical (unpaired) electrons. The summed E-state index contributed by atoms with van der Waals surface area (Å²) in [6, 6.07) is 13.2. The number of benzene rings is 2. The number of likely N-dealkylation sites (tertiary alicyclic amines) is 1. The molecule has 142 valence electrons. The van der Waals surface area contributed by atoms with Gasteiger partial charge in [-0.05, 0) is 68.5 Å². The summed E-state index contributed by atoms with van der Waals surface area (Å²) in [5, 5.41) is 2.98. The predicted octanol–water partition coefficient (Wildman–Crippen LogP) is 3.81. The Morgan fingerprint density at radius 3 is 2.22 bits per heavy atom. The van der Waals surface area contributed by atoms with Crippen LogP contribution in [0.25, 0.3) is 0 Å². The highest BCUT2D eigenvalue weighted by atomic mass is 19.1. The monoisotopic (exact) mass is 368 g/mol. The van der Waals surface area contributed by atoms with Gasteiger partial charge in [0.05, 0.1) is 0 Å². The second kappa shape index (κ2) is 8.80. The lowest BCUT2D eigenvalue weighted by molar-refractivity contribution is 0.0687. The maximum atomic E-state index is 13.0. The molecule has 1 aliphatic heterocycles. The molecule has 0 aromatic heterocycles. The van der Waals surface area contributed by atoms with Crippen LogP contribution < -0.4 is 5.32 Å². The van der Waals surface area contributed by atoms with Crippen LogP contribution in [0.5, 0.6) is 0 Å². The minimum Gasteiger partial charge on any atom is -0.352 e. The molecule has 1 aliphatic rings. The third-order valence-electron chi connectivity index (χ3n) is 5.14. The fraction of sp³-hybridized carbons (Fsp3) is 0.364. The Bertz CT molecular complexity index is 776. The summed E-state index contributed by atoms with van der Waals surface area (Å²) in [6.07, 6.45) is 2.76. The summed E-state index contributed by atoms with van der Waals surface area (Å²) in [4.78, 5) is 26.4. The molecule has 0 unspecified atom stereocenters. The lowest BCUT2D eigenvalue weighted by Gasteiger charge is -2.32. The van der Waals surface area contributed by atoms with Gasteiger partial charge in [0.1, 0.15) is 5.82 Å². The maximum Gasteiger partial charge on any atom is 0.253 e. The molecule has 2 aromatic carbocycles. The van der Waals surface area contributed by atoms with E-state index in [0.717, 1.165) is 24.8 Å². The Morgan fingerprint density at radius 1 is 1.00 bits per heavy atom. The third kappa shape index (κ3) is 5.16. The summed E-state index contributed by atoms with van der Waals surface area (Å²) in [5.41, 5.74) is 2.34. The molecular formula is C22H25FN2O2. The summed E-state index contributed by atoms with van der Waals surface area (Å²) >= 11 is 0. The molecule has 1 N–H and O–H groups in total. The number of halogens is 1. The van der Waals surface area contributed by atoms with Crippen molar-refractivity contribution in [2.75, 3.05) is 19.6 Å². The normalized spacial score (nSPS) is 14.8. The highest BCUT2D eigenvalue weighted by molar-refractivity contribution is 5.94. The number of rotatable bonds is 5. The third-order valence-corrected chi connectivity index (χ3v) is 5.14. The first-order valence-corrected chi connectivity index (χ1v) is 9.42. The van der Waals surface area contributed by atoms with Crippen LogP contribution in [0, 0.1) is 18.7 Å². The zero-order valence-electron chi connectivity index (χ0n) is 15.6. The average molecular weight is 368 g/mol. The standard InChI is InChI=1S/C22H25FN2O2/c1-16-2-4-18(5-3-16)21(26)24-13-10-17-11-14-25(15-12-17)22(27)19-6-8-20(23)9-7-19/h2-9,17H,10-15H2,1H3,(H,24,26). The van der Waals surface area contributed by atoms with Gasteiger partial charge in [-0.1, -0.05) is 17.7 Å². The van der Waals surface area contributed by atoms with Crippen molar-refractivity contribution in [3.8, 4) is 0 Å². The molecule has 2 aromatic rings. The molecule has 3 rings (SSSR count). The molecule has 27 heavy (non-hydrogen) atoms. The molecule has 1 heterocycles. The van der Waals surface area contributed by atoms with Crippen molar-refractivity contribution in [3.63, 3.8) is 0 Å². The van der Waals surface area contributed by atoms with Crippen LogP contribution in [0.4, 0.5) is 4.39 Å². The first-order chi connectivity index (χ1) is 13.0. The van der Waals surface area contributed by atoms with E-state index < -0.39 is 0 Å². The number of piperidine rings is 1. The van der Waals surface area contributed by atoms with E-state index in [-0.39, 0.29) is 17.6 Å². The van der Waals surface area contributed by atoms with E-state index in [1.54, 1.807) is 0 Å². The van der Waals surface area contributed by atoms with E-state index in [4.69, 9.17) is 0 Å². The van der Waals surface area contributed by atoms with Gasteiger partial charge in [0.15, 0.2) is 0 Å². The average Bonchev–Trinajstić information content (AvgIpc) is 2.69. The highest BCUT2D eigenvalue weighted by Crippen LogP contribution is 2.21. The number of hydrogen-bond acceptors (Lipinski definition) is 2. The molecule has 0 bridgehead atoms. The minimum absolute atomic E-state index is 0.0406. The number of aryl methyl sites for hydroxylation is 1. The molecule has 0 spiro atoms. The van der Waals surface area contributed by atoms with E-state index in [9.17, 15) is 14.0 Å². The van der Waals surface area contributed by atoms with Crippen LogP contribution >= 0.6 is 0 Å². The Morgan fingerprint density at radius 2 is 1.59 bits per heavy atom. The topological polar surface area (TPSA) is 49.4 Å². The molecular weight excluding hydrogens is 343 g/mol. The number of nitrogens with one attached hydrogen (secondary N) is 1. The number of carbonyl (C=O) groups excluding carboxylic acids is 2. The fourth-order valence-electron chi connectivity index (χ4n) is 3.40. The van der Waals surface area contributed by atoms with Gasteiger partial charge in [0.2, 0.25) is 0 Å². The van der Waals surface area contributed by atoms with E-state index in [1.165, 1.54) is 24.3 Å². The van der Waals surface area contributed by atoms with Gasteiger partial charge in [-0.3, -0.25) is 9.59 Å². The largest absolute Gasteiger partial charge is 0.352 e. The molecule has 5 heteroatoms. The second-order valence-electron chi connectivity index (χ2n) is 7.15. The lowest BCUT2D eigenvalue weighted by Crippen LogP contribution is -2.39. The zero-order chi connectivity index (χ0) is 19.2. The molecule has 1 saturated heterocycles. The van der Waals surface area contributed by atoms with Crippen LogP contribution in [-0.2, 0) is 0 Å². The van der Waals surface area contributed by atoms with Gasteiger partial charge in [-0.25, -0.2) is 4.39 Å². The lowest BCUT2D eigenvalue weighted by atomic mass is 9.93. The summed E-state index contributed by atoms with van der Waals surface area (Å²) < 4.78 is 13.0. The number of hydrogen-bond donors (Lipinski definition) is 1. The van der Waals surface area contributed by atoms with Gasteiger partial charge in [0, 0.05) is 30.8 Å². The van der Waals surface area contributed by atoms with Crippen LogP contribution in [0.2, 0.25) is 0 Å².